The SMILES string of the molecule is COc1ccc(-c2nc(CNC[C@@H]3CN(C)CCO3)cs2)cc1. The minimum Gasteiger partial charge on any atom is -0.497 e. The molecule has 23 heavy (non-hydrogen) atoms. The molecule has 2 aromatic rings. The number of nitrogens with zero attached hydrogens (tertiary/aromatic N) is 2. The van der Waals surface area contributed by atoms with Crippen LogP contribution in [0.2, 0.25) is 0 Å². The average Bonchev–Trinajstić information content (AvgIpc) is 3.04. The Hall–Kier alpha value is -1.47. The Labute approximate surface area is 141 Å². The zero-order valence-corrected chi connectivity index (χ0v) is 14.4. The molecule has 3 rings (SSSR count). The van der Waals surface area contributed by atoms with Crippen molar-refractivity contribution in [2.45, 2.75) is 12.6 Å². The lowest BCUT2D eigenvalue weighted by atomic mass is 10.2. The number of thiazole rings is 1. The molecule has 1 atom stereocenters. The predicted octanol–water partition coefficient (Wildman–Crippen LogP) is 2.24. The maximum absolute atomic E-state index is 5.75. The molecular formula is C17H23N3O2S. The summed E-state index contributed by atoms with van der Waals surface area (Å²) in [4.78, 5) is 7.00. The number of methoxy groups -OCH3 is 1. The Balaban J connectivity index is 1.50. The third kappa shape index (κ3) is 4.51. The summed E-state index contributed by atoms with van der Waals surface area (Å²) in [6.45, 7) is 4.46. The maximum atomic E-state index is 5.75. The topological polar surface area (TPSA) is 46.6 Å². The van der Waals surface area contributed by atoms with Crippen LogP contribution in [0.1, 0.15) is 5.69 Å². The Kier molecular flexibility index (Phi) is 5.61. The van der Waals surface area contributed by atoms with Crippen molar-refractivity contribution in [1.82, 2.24) is 15.2 Å². The normalized spacial score (nSPS) is 19.0. The summed E-state index contributed by atoms with van der Waals surface area (Å²) in [7, 11) is 3.81. The van der Waals surface area contributed by atoms with Crippen molar-refractivity contribution in [2.75, 3.05) is 40.4 Å². The molecule has 0 spiro atoms. The number of hydrogen-bond donors (Lipinski definition) is 1. The number of morpholine rings is 1. The molecule has 1 aromatic carbocycles. The van der Waals surface area contributed by atoms with E-state index in [-0.39, 0.29) is 6.10 Å². The summed E-state index contributed by atoms with van der Waals surface area (Å²) >= 11 is 1.67. The molecule has 0 unspecified atom stereocenters. The van der Waals surface area contributed by atoms with Gasteiger partial charge in [-0.15, -0.1) is 11.3 Å². The van der Waals surface area contributed by atoms with E-state index in [0.717, 1.165) is 54.8 Å². The van der Waals surface area contributed by atoms with Gasteiger partial charge in [0.05, 0.1) is 25.5 Å². The highest BCUT2D eigenvalue weighted by Gasteiger charge is 2.17. The fourth-order valence-corrected chi connectivity index (χ4v) is 3.43. The van der Waals surface area contributed by atoms with E-state index in [0.29, 0.717) is 0 Å². The van der Waals surface area contributed by atoms with Gasteiger partial charge in [0.2, 0.25) is 0 Å². The molecule has 1 N–H and O–H groups in total. The monoisotopic (exact) mass is 333 g/mol. The van der Waals surface area contributed by atoms with E-state index in [1.807, 2.05) is 24.3 Å². The molecule has 0 bridgehead atoms. The zero-order chi connectivity index (χ0) is 16.1. The molecular weight excluding hydrogens is 310 g/mol. The molecule has 0 saturated carbocycles. The van der Waals surface area contributed by atoms with Gasteiger partial charge in [-0.25, -0.2) is 4.98 Å². The highest BCUT2D eigenvalue weighted by molar-refractivity contribution is 7.13. The molecule has 124 valence electrons. The van der Waals surface area contributed by atoms with Crippen molar-refractivity contribution in [3.63, 3.8) is 0 Å². The van der Waals surface area contributed by atoms with Crippen LogP contribution in [-0.4, -0.2) is 56.4 Å². The fraction of sp³-hybridized carbons (Fsp3) is 0.471. The lowest BCUT2D eigenvalue weighted by Crippen LogP contribution is -2.44. The molecule has 6 heteroatoms. The molecule has 0 amide bonds. The number of rotatable bonds is 6. The van der Waals surface area contributed by atoms with E-state index >= 15 is 0 Å². The van der Waals surface area contributed by atoms with Crippen LogP contribution < -0.4 is 10.1 Å². The van der Waals surface area contributed by atoms with Gasteiger partial charge in [-0.1, -0.05) is 0 Å². The molecule has 1 saturated heterocycles. The van der Waals surface area contributed by atoms with Crippen LogP contribution >= 0.6 is 11.3 Å². The van der Waals surface area contributed by atoms with Crippen molar-refractivity contribution in [3.8, 4) is 16.3 Å². The van der Waals surface area contributed by atoms with Crippen LogP contribution in [0.3, 0.4) is 0 Å². The predicted molar refractivity (Wildman–Crippen MR) is 93.0 cm³/mol. The Morgan fingerprint density at radius 3 is 2.96 bits per heavy atom. The van der Waals surface area contributed by atoms with Gasteiger partial charge in [0, 0.05) is 37.1 Å². The minimum atomic E-state index is 0.272. The first kappa shape index (κ1) is 16.4. The number of aromatic nitrogens is 1. The van der Waals surface area contributed by atoms with Crippen molar-refractivity contribution >= 4 is 11.3 Å². The second kappa shape index (κ2) is 7.88. The first-order chi connectivity index (χ1) is 11.2. The minimum absolute atomic E-state index is 0.272. The van der Waals surface area contributed by atoms with Crippen LogP contribution in [0.25, 0.3) is 10.6 Å². The molecule has 1 fully saturated rings. The van der Waals surface area contributed by atoms with Crippen molar-refractivity contribution in [2.24, 2.45) is 0 Å². The van der Waals surface area contributed by atoms with Gasteiger partial charge in [0.25, 0.3) is 0 Å². The summed E-state index contributed by atoms with van der Waals surface area (Å²) in [5.74, 6) is 0.865. The number of likely N-dealkylation sites (N-methyl/N-ethyl adjacent to an activating group) is 1. The van der Waals surface area contributed by atoms with Gasteiger partial charge in [-0.3, -0.25) is 0 Å². The second-order valence-electron chi connectivity index (χ2n) is 5.76. The van der Waals surface area contributed by atoms with E-state index in [4.69, 9.17) is 14.5 Å². The molecule has 0 radical (unpaired) electrons. The quantitative estimate of drug-likeness (QED) is 0.878. The fourth-order valence-electron chi connectivity index (χ4n) is 2.61. The van der Waals surface area contributed by atoms with Crippen LogP contribution in [0.4, 0.5) is 0 Å². The van der Waals surface area contributed by atoms with E-state index in [1.54, 1.807) is 18.4 Å². The van der Waals surface area contributed by atoms with Crippen molar-refractivity contribution < 1.29 is 9.47 Å². The van der Waals surface area contributed by atoms with Gasteiger partial charge >= 0.3 is 0 Å². The van der Waals surface area contributed by atoms with Crippen molar-refractivity contribution in [1.29, 1.82) is 0 Å². The smallest absolute Gasteiger partial charge is 0.123 e. The number of hydrogen-bond acceptors (Lipinski definition) is 6. The molecule has 5 nitrogen and oxygen atoms in total. The van der Waals surface area contributed by atoms with E-state index < -0.39 is 0 Å². The summed E-state index contributed by atoms with van der Waals surface area (Å²) in [6, 6.07) is 8.01. The lowest BCUT2D eigenvalue weighted by Gasteiger charge is -2.30. The third-order valence-corrected chi connectivity index (χ3v) is 4.85. The summed E-state index contributed by atoms with van der Waals surface area (Å²) in [6.07, 6.45) is 0.272. The lowest BCUT2D eigenvalue weighted by molar-refractivity contribution is -0.0182. The number of benzene rings is 1. The van der Waals surface area contributed by atoms with Gasteiger partial charge in [0.1, 0.15) is 10.8 Å². The third-order valence-electron chi connectivity index (χ3n) is 3.91. The van der Waals surface area contributed by atoms with Gasteiger partial charge in [-0.05, 0) is 31.3 Å². The number of nitrogens with one attached hydrogen (secondary N) is 1. The highest BCUT2D eigenvalue weighted by Crippen LogP contribution is 2.25. The van der Waals surface area contributed by atoms with Gasteiger partial charge in [-0.2, -0.15) is 0 Å². The Bertz CT molecular complexity index is 615. The van der Waals surface area contributed by atoms with E-state index in [2.05, 4.69) is 22.6 Å². The Morgan fingerprint density at radius 2 is 2.22 bits per heavy atom. The standard InChI is InChI=1S/C17H23N3O2S/c1-20-7-8-22-16(11-20)10-18-9-14-12-23-17(19-14)13-3-5-15(21-2)6-4-13/h3-6,12,16,18H,7-11H2,1-2H3/t16-/m1/s1. The van der Waals surface area contributed by atoms with Crippen LogP contribution in [0, 0.1) is 0 Å². The number of ether oxygens (including phenoxy) is 2. The van der Waals surface area contributed by atoms with Crippen LogP contribution in [0.15, 0.2) is 29.6 Å². The Morgan fingerprint density at radius 1 is 1.39 bits per heavy atom. The summed E-state index contributed by atoms with van der Waals surface area (Å²) in [5, 5.41) is 6.60. The second-order valence-corrected chi connectivity index (χ2v) is 6.62. The van der Waals surface area contributed by atoms with Crippen molar-refractivity contribution in [3.05, 3.63) is 35.3 Å². The first-order valence-corrected chi connectivity index (χ1v) is 8.72. The van der Waals surface area contributed by atoms with E-state index in [9.17, 15) is 0 Å². The average molecular weight is 333 g/mol. The maximum Gasteiger partial charge on any atom is 0.123 e. The summed E-state index contributed by atoms with van der Waals surface area (Å²) < 4.78 is 10.9. The molecule has 1 aliphatic rings. The molecule has 2 heterocycles. The first-order valence-electron chi connectivity index (χ1n) is 7.84. The van der Waals surface area contributed by atoms with E-state index in [1.165, 1.54) is 0 Å². The van der Waals surface area contributed by atoms with Crippen LogP contribution in [0.5, 0.6) is 5.75 Å². The van der Waals surface area contributed by atoms with Gasteiger partial charge < -0.3 is 19.7 Å². The molecule has 0 aliphatic carbocycles. The molecule has 1 aliphatic heterocycles. The van der Waals surface area contributed by atoms with Gasteiger partial charge in [0.15, 0.2) is 0 Å². The van der Waals surface area contributed by atoms with Crippen LogP contribution in [-0.2, 0) is 11.3 Å². The zero-order valence-electron chi connectivity index (χ0n) is 13.6. The highest BCUT2D eigenvalue weighted by atomic mass is 32.1. The summed E-state index contributed by atoms with van der Waals surface area (Å²) in [5.41, 5.74) is 2.20. The largest absolute Gasteiger partial charge is 0.497 e. The molecule has 1 aromatic heterocycles.